The molecule has 17 heavy (non-hydrogen) atoms. The Morgan fingerprint density at radius 2 is 1.41 bits per heavy atom. The second-order valence-electron chi connectivity index (χ2n) is 3.26. The maximum Gasteiger partial charge on any atom is 0.340 e. The van der Waals surface area contributed by atoms with Crippen LogP contribution in [0.5, 0.6) is 5.75 Å². The summed E-state index contributed by atoms with van der Waals surface area (Å²) in [6.07, 6.45) is 0. The van der Waals surface area contributed by atoms with E-state index in [0.717, 1.165) is 6.07 Å². The minimum absolute atomic E-state index is 0.0302. The van der Waals surface area contributed by atoms with Gasteiger partial charge in [0.05, 0.1) is 5.56 Å². The van der Waals surface area contributed by atoms with Crippen molar-refractivity contribution in [3.8, 4) is 5.75 Å². The van der Waals surface area contributed by atoms with E-state index in [4.69, 9.17) is 15.3 Å². The number of carbonyl (C=O) groups is 3. The quantitative estimate of drug-likeness (QED) is 0.614. The smallest absolute Gasteiger partial charge is 0.340 e. The van der Waals surface area contributed by atoms with Crippen molar-refractivity contribution in [3.05, 3.63) is 28.3 Å². The summed E-state index contributed by atoms with van der Waals surface area (Å²) in [5, 5.41) is 35.8. The highest BCUT2D eigenvalue weighted by molar-refractivity contribution is 6.07. The predicted octanol–water partition coefficient (Wildman–Crippen LogP) is 0.795. The molecule has 0 aliphatic carbocycles. The number of carboxylic acids is 3. The molecule has 0 heterocycles. The van der Waals surface area contributed by atoms with Crippen molar-refractivity contribution in [2.24, 2.45) is 0 Å². The third kappa shape index (κ3) is 2.03. The van der Waals surface area contributed by atoms with E-state index >= 15 is 0 Å². The minimum atomic E-state index is -1.71. The van der Waals surface area contributed by atoms with Crippen LogP contribution >= 0.6 is 0 Å². The van der Waals surface area contributed by atoms with Gasteiger partial charge in [0, 0.05) is 0 Å². The van der Waals surface area contributed by atoms with Crippen LogP contribution in [0.1, 0.15) is 36.6 Å². The molecule has 0 saturated heterocycles. The first kappa shape index (κ1) is 12.5. The Labute approximate surface area is 94.6 Å². The summed E-state index contributed by atoms with van der Waals surface area (Å²) in [6, 6.07) is 0.898. The molecule has 0 aromatic heterocycles. The molecule has 0 atom stereocenters. The number of aromatic carboxylic acids is 3. The van der Waals surface area contributed by atoms with Crippen LogP contribution in [0.4, 0.5) is 0 Å². The van der Waals surface area contributed by atoms with E-state index in [1.165, 1.54) is 6.92 Å². The molecule has 0 radical (unpaired) electrons. The number of aryl methyl sites for hydroxylation is 1. The van der Waals surface area contributed by atoms with Gasteiger partial charge >= 0.3 is 17.9 Å². The normalized spacial score (nSPS) is 9.94. The summed E-state index contributed by atoms with van der Waals surface area (Å²) in [7, 11) is 0. The maximum absolute atomic E-state index is 10.8. The summed E-state index contributed by atoms with van der Waals surface area (Å²) in [5.41, 5.74) is -2.23. The lowest BCUT2D eigenvalue weighted by atomic mass is 9.97. The van der Waals surface area contributed by atoms with Crippen molar-refractivity contribution in [3.63, 3.8) is 0 Å². The highest BCUT2D eigenvalue weighted by Gasteiger charge is 2.27. The van der Waals surface area contributed by atoms with Crippen LogP contribution in [0.15, 0.2) is 6.07 Å². The van der Waals surface area contributed by atoms with E-state index in [1.54, 1.807) is 0 Å². The molecule has 0 unspecified atom stereocenters. The molecule has 0 fully saturated rings. The fourth-order valence-electron chi connectivity index (χ4n) is 1.46. The van der Waals surface area contributed by atoms with Gasteiger partial charge in [0.25, 0.3) is 0 Å². The van der Waals surface area contributed by atoms with Gasteiger partial charge in [-0.15, -0.1) is 0 Å². The zero-order valence-electron chi connectivity index (χ0n) is 8.59. The molecule has 1 aromatic rings. The fourth-order valence-corrected chi connectivity index (χ4v) is 1.46. The number of hydrogen-bond acceptors (Lipinski definition) is 4. The molecule has 0 aliphatic rings. The maximum atomic E-state index is 10.8. The Bertz CT molecular complexity index is 530. The van der Waals surface area contributed by atoms with E-state index in [2.05, 4.69) is 0 Å². The van der Waals surface area contributed by atoms with E-state index < -0.39 is 40.3 Å². The number of phenols is 1. The molecular formula is C10H8O7. The number of rotatable bonds is 3. The van der Waals surface area contributed by atoms with Crippen LogP contribution in [-0.2, 0) is 0 Å². The Morgan fingerprint density at radius 1 is 0.941 bits per heavy atom. The van der Waals surface area contributed by atoms with E-state index in [9.17, 15) is 19.5 Å². The summed E-state index contributed by atoms with van der Waals surface area (Å²) in [5.74, 6) is -5.85. The van der Waals surface area contributed by atoms with Gasteiger partial charge in [-0.2, -0.15) is 0 Å². The molecule has 7 heteroatoms. The molecule has 90 valence electrons. The number of aromatic hydroxyl groups is 1. The molecular weight excluding hydrogens is 232 g/mol. The SMILES string of the molecule is Cc1cc(C(=O)O)c(C(=O)O)c(O)c1C(=O)O. The predicted molar refractivity (Wildman–Crippen MR) is 53.7 cm³/mol. The monoisotopic (exact) mass is 240 g/mol. The van der Waals surface area contributed by atoms with Crippen LogP contribution in [0.25, 0.3) is 0 Å². The van der Waals surface area contributed by atoms with Crippen LogP contribution in [0, 0.1) is 6.92 Å². The average molecular weight is 240 g/mol. The molecule has 1 aromatic carbocycles. The highest BCUT2D eigenvalue weighted by atomic mass is 16.4. The van der Waals surface area contributed by atoms with Crippen molar-refractivity contribution in [1.29, 1.82) is 0 Å². The third-order valence-corrected chi connectivity index (χ3v) is 2.16. The van der Waals surface area contributed by atoms with Gasteiger partial charge in [-0.25, -0.2) is 14.4 Å². The summed E-state index contributed by atoms with van der Waals surface area (Å²) < 4.78 is 0. The van der Waals surface area contributed by atoms with E-state index in [0.29, 0.717) is 0 Å². The Morgan fingerprint density at radius 3 is 1.76 bits per heavy atom. The second kappa shape index (κ2) is 4.12. The van der Waals surface area contributed by atoms with Crippen LogP contribution in [0.3, 0.4) is 0 Å². The second-order valence-corrected chi connectivity index (χ2v) is 3.26. The van der Waals surface area contributed by atoms with Crippen molar-refractivity contribution in [2.45, 2.75) is 6.92 Å². The van der Waals surface area contributed by atoms with Crippen molar-refractivity contribution < 1.29 is 34.8 Å². The molecule has 1 rings (SSSR count). The largest absolute Gasteiger partial charge is 0.506 e. The molecule has 0 aliphatic heterocycles. The van der Waals surface area contributed by atoms with E-state index in [-0.39, 0.29) is 5.56 Å². The van der Waals surface area contributed by atoms with Crippen LogP contribution in [0.2, 0.25) is 0 Å². The lowest BCUT2D eigenvalue weighted by molar-refractivity contribution is 0.0644. The number of hydrogen-bond donors (Lipinski definition) is 4. The van der Waals surface area contributed by atoms with Gasteiger partial charge < -0.3 is 20.4 Å². The topological polar surface area (TPSA) is 132 Å². The zero-order valence-corrected chi connectivity index (χ0v) is 8.59. The van der Waals surface area contributed by atoms with Gasteiger partial charge in [0.15, 0.2) is 0 Å². The highest BCUT2D eigenvalue weighted by Crippen LogP contribution is 2.29. The standard InChI is InChI=1S/C10H8O7/c1-3-2-4(8(12)13)6(10(16)17)7(11)5(3)9(14)15/h2,11H,1H3,(H,12,13)(H,14,15)(H,16,17). The molecule has 0 saturated carbocycles. The Balaban J connectivity index is 3.76. The molecule has 0 amide bonds. The first-order valence-electron chi connectivity index (χ1n) is 4.33. The molecule has 0 spiro atoms. The van der Waals surface area contributed by atoms with Crippen molar-refractivity contribution in [1.82, 2.24) is 0 Å². The summed E-state index contributed by atoms with van der Waals surface area (Å²) in [4.78, 5) is 32.4. The van der Waals surface area contributed by atoms with Crippen LogP contribution < -0.4 is 0 Å². The molecule has 7 nitrogen and oxygen atoms in total. The Kier molecular flexibility index (Phi) is 3.03. The third-order valence-electron chi connectivity index (χ3n) is 2.16. The first-order chi connectivity index (χ1) is 7.77. The fraction of sp³-hybridized carbons (Fsp3) is 0.100. The zero-order chi connectivity index (χ0) is 13.3. The van der Waals surface area contributed by atoms with E-state index in [1.807, 2.05) is 0 Å². The van der Waals surface area contributed by atoms with Crippen molar-refractivity contribution in [2.75, 3.05) is 0 Å². The van der Waals surface area contributed by atoms with Gasteiger partial charge in [-0.1, -0.05) is 0 Å². The summed E-state index contributed by atoms with van der Waals surface area (Å²) in [6.45, 7) is 1.27. The average Bonchev–Trinajstić information content (AvgIpc) is 2.14. The first-order valence-corrected chi connectivity index (χ1v) is 4.33. The molecule has 4 N–H and O–H groups in total. The van der Waals surface area contributed by atoms with Crippen molar-refractivity contribution >= 4 is 17.9 Å². The lowest BCUT2D eigenvalue weighted by Gasteiger charge is -2.10. The summed E-state index contributed by atoms with van der Waals surface area (Å²) >= 11 is 0. The van der Waals surface area contributed by atoms with Gasteiger partial charge in [0.1, 0.15) is 16.9 Å². The lowest BCUT2D eigenvalue weighted by Crippen LogP contribution is -2.13. The van der Waals surface area contributed by atoms with Gasteiger partial charge in [-0.05, 0) is 18.6 Å². The van der Waals surface area contributed by atoms with Crippen LogP contribution in [-0.4, -0.2) is 38.3 Å². The molecule has 0 bridgehead atoms. The number of benzene rings is 1. The van der Waals surface area contributed by atoms with Gasteiger partial charge in [0.2, 0.25) is 0 Å². The number of carboxylic acid groups (broad SMARTS) is 3. The van der Waals surface area contributed by atoms with Gasteiger partial charge in [-0.3, -0.25) is 0 Å². The minimum Gasteiger partial charge on any atom is -0.506 e. The Hall–Kier alpha value is -2.57.